The first-order valence-corrected chi connectivity index (χ1v) is 9.67. The van der Waals surface area contributed by atoms with Gasteiger partial charge in [-0.25, -0.2) is 4.39 Å². The van der Waals surface area contributed by atoms with E-state index in [1.165, 1.54) is 19.2 Å². The lowest BCUT2D eigenvalue weighted by Gasteiger charge is -2.24. The molecule has 31 heavy (non-hydrogen) atoms. The molecule has 0 amide bonds. The van der Waals surface area contributed by atoms with Gasteiger partial charge in [-0.15, -0.1) is 5.10 Å². The maximum atomic E-state index is 13.3. The Labute approximate surface area is 182 Å². The fourth-order valence-corrected chi connectivity index (χ4v) is 3.73. The van der Waals surface area contributed by atoms with Gasteiger partial charge in [0.1, 0.15) is 24.1 Å². The lowest BCUT2D eigenvalue weighted by molar-refractivity contribution is 0.284. The number of fused-ring (bicyclic) bond motifs is 1. The number of nitrogens with two attached hydrogens (primary N) is 1. The van der Waals surface area contributed by atoms with Gasteiger partial charge in [0.2, 0.25) is 11.8 Å². The molecule has 0 spiro atoms. The van der Waals surface area contributed by atoms with Crippen molar-refractivity contribution in [2.75, 3.05) is 7.11 Å². The van der Waals surface area contributed by atoms with Crippen LogP contribution in [0, 0.1) is 24.1 Å². The Bertz CT molecular complexity index is 1230. The van der Waals surface area contributed by atoms with E-state index in [1.54, 1.807) is 18.2 Å². The van der Waals surface area contributed by atoms with Crippen LogP contribution in [0.1, 0.15) is 28.3 Å². The summed E-state index contributed by atoms with van der Waals surface area (Å²) in [6.07, 6.45) is 0. The average Bonchev–Trinajstić information content (AvgIpc) is 3.12. The van der Waals surface area contributed by atoms with Gasteiger partial charge < -0.3 is 19.9 Å². The Morgan fingerprint density at radius 3 is 2.81 bits per heavy atom. The second kappa shape index (κ2) is 8.20. The van der Waals surface area contributed by atoms with Crippen LogP contribution >= 0.6 is 11.6 Å². The zero-order chi connectivity index (χ0) is 22.1. The van der Waals surface area contributed by atoms with Gasteiger partial charge in [0, 0.05) is 16.8 Å². The molecule has 3 aromatic rings. The first kappa shape index (κ1) is 20.6. The van der Waals surface area contributed by atoms with Gasteiger partial charge in [0.05, 0.1) is 18.1 Å². The van der Waals surface area contributed by atoms with Crippen LogP contribution in [0.4, 0.5) is 4.39 Å². The minimum atomic E-state index is -0.470. The zero-order valence-electron chi connectivity index (χ0n) is 16.7. The number of allylic oxidation sites excluding steroid dienone is 1. The second-order valence-corrected chi connectivity index (χ2v) is 7.33. The number of hydrogen-bond donors (Lipinski definition) is 2. The molecule has 2 aromatic carbocycles. The lowest BCUT2D eigenvalue weighted by atomic mass is 9.84. The van der Waals surface area contributed by atoms with Crippen LogP contribution in [0.2, 0.25) is 5.02 Å². The highest BCUT2D eigenvalue weighted by molar-refractivity contribution is 6.31. The highest BCUT2D eigenvalue weighted by Crippen LogP contribution is 2.44. The molecule has 0 bridgehead atoms. The predicted octanol–water partition coefficient (Wildman–Crippen LogP) is 4.32. The highest BCUT2D eigenvalue weighted by Gasteiger charge is 2.34. The quantitative estimate of drug-likeness (QED) is 0.612. The first-order chi connectivity index (χ1) is 14.9. The van der Waals surface area contributed by atoms with Crippen LogP contribution in [0.5, 0.6) is 17.4 Å². The molecule has 4 rings (SSSR count). The molecule has 7 nitrogen and oxygen atoms in total. The minimum Gasteiger partial charge on any atom is -0.493 e. The number of aromatic amines is 1. The number of aryl methyl sites for hydroxylation is 1. The number of methoxy groups -OCH3 is 1. The molecule has 3 N–H and O–H groups in total. The predicted molar refractivity (Wildman–Crippen MR) is 111 cm³/mol. The van der Waals surface area contributed by atoms with Crippen molar-refractivity contribution >= 4 is 11.6 Å². The van der Waals surface area contributed by atoms with E-state index in [-0.39, 0.29) is 23.1 Å². The van der Waals surface area contributed by atoms with E-state index < -0.39 is 11.7 Å². The summed E-state index contributed by atoms with van der Waals surface area (Å²) in [6, 6.07) is 11.6. The average molecular weight is 441 g/mol. The van der Waals surface area contributed by atoms with Crippen LogP contribution in [0.25, 0.3) is 0 Å². The molecule has 1 aliphatic heterocycles. The SMILES string of the molecule is COc1cc([C@@H]2C(C#N)=C(N)Oc3n[nH]c(C)c32)ccc1OCc1ccc(F)cc1Cl. The molecule has 0 saturated carbocycles. The molecule has 9 heteroatoms. The molecule has 1 aromatic heterocycles. The third-order valence-corrected chi connectivity index (χ3v) is 5.40. The van der Waals surface area contributed by atoms with Gasteiger partial charge in [0.15, 0.2) is 11.5 Å². The van der Waals surface area contributed by atoms with Crippen LogP contribution in [0.15, 0.2) is 47.9 Å². The molecule has 0 aliphatic carbocycles. The zero-order valence-corrected chi connectivity index (χ0v) is 17.5. The van der Waals surface area contributed by atoms with Crippen LogP contribution in [-0.2, 0) is 6.61 Å². The van der Waals surface area contributed by atoms with Gasteiger partial charge in [-0.05, 0) is 36.8 Å². The van der Waals surface area contributed by atoms with E-state index >= 15 is 0 Å². The summed E-state index contributed by atoms with van der Waals surface area (Å²) >= 11 is 6.07. The molecule has 0 unspecified atom stereocenters. The van der Waals surface area contributed by atoms with Crippen molar-refractivity contribution in [2.24, 2.45) is 5.73 Å². The van der Waals surface area contributed by atoms with Crippen LogP contribution in [-0.4, -0.2) is 17.3 Å². The maximum absolute atomic E-state index is 13.3. The molecule has 0 radical (unpaired) electrons. The Morgan fingerprint density at radius 2 is 2.10 bits per heavy atom. The number of hydrogen-bond acceptors (Lipinski definition) is 6. The molecular weight excluding hydrogens is 423 g/mol. The van der Waals surface area contributed by atoms with E-state index in [4.69, 9.17) is 31.5 Å². The van der Waals surface area contributed by atoms with Gasteiger partial charge in [-0.2, -0.15) is 5.26 Å². The lowest BCUT2D eigenvalue weighted by Crippen LogP contribution is -2.21. The van der Waals surface area contributed by atoms with Crippen molar-refractivity contribution in [1.29, 1.82) is 5.26 Å². The molecular formula is C22H18ClFN4O3. The van der Waals surface area contributed by atoms with E-state index in [1.807, 2.05) is 13.0 Å². The molecule has 158 valence electrons. The summed E-state index contributed by atoms with van der Waals surface area (Å²) < 4.78 is 30.1. The Morgan fingerprint density at radius 1 is 1.29 bits per heavy atom. The van der Waals surface area contributed by atoms with Crippen molar-refractivity contribution in [3.63, 3.8) is 0 Å². The van der Waals surface area contributed by atoms with Crippen molar-refractivity contribution in [1.82, 2.24) is 10.2 Å². The van der Waals surface area contributed by atoms with E-state index in [0.717, 1.165) is 16.8 Å². The Kier molecular flexibility index (Phi) is 5.44. The van der Waals surface area contributed by atoms with E-state index in [9.17, 15) is 9.65 Å². The fraction of sp³-hybridized carbons (Fsp3) is 0.182. The molecule has 2 heterocycles. The number of H-pyrrole nitrogens is 1. The van der Waals surface area contributed by atoms with Crippen LogP contribution in [0.3, 0.4) is 0 Å². The first-order valence-electron chi connectivity index (χ1n) is 9.30. The standard InChI is InChI=1S/C22H18ClFN4O3/c1-11-19-20(15(9-25)21(26)31-22(19)28-27-11)12-4-6-17(18(7-12)29-2)30-10-13-3-5-14(24)8-16(13)23/h3-8,20H,10,26H2,1-2H3,(H,27,28)/t20-/m1/s1. The summed E-state index contributed by atoms with van der Waals surface area (Å²) in [5.74, 6) is 0.392. The summed E-state index contributed by atoms with van der Waals surface area (Å²) in [7, 11) is 1.52. The van der Waals surface area contributed by atoms with Crippen molar-refractivity contribution in [3.8, 4) is 23.4 Å². The van der Waals surface area contributed by atoms with Crippen molar-refractivity contribution in [2.45, 2.75) is 19.4 Å². The number of ether oxygens (including phenoxy) is 3. The number of halogens is 2. The summed E-state index contributed by atoms with van der Waals surface area (Å²) in [4.78, 5) is 0. The largest absolute Gasteiger partial charge is 0.493 e. The number of rotatable bonds is 5. The van der Waals surface area contributed by atoms with Crippen molar-refractivity contribution in [3.05, 3.63) is 81.1 Å². The smallest absolute Gasteiger partial charge is 0.244 e. The number of nitriles is 1. The Balaban J connectivity index is 1.68. The monoisotopic (exact) mass is 440 g/mol. The van der Waals surface area contributed by atoms with E-state index in [0.29, 0.717) is 22.9 Å². The minimum absolute atomic E-state index is 0.0109. The highest BCUT2D eigenvalue weighted by atomic mass is 35.5. The maximum Gasteiger partial charge on any atom is 0.244 e. The molecule has 0 fully saturated rings. The van der Waals surface area contributed by atoms with Crippen LogP contribution < -0.4 is 19.9 Å². The molecule has 1 atom stereocenters. The third kappa shape index (κ3) is 3.76. The number of nitrogens with zero attached hydrogens (tertiary/aromatic N) is 2. The molecule has 0 saturated heterocycles. The Hall–Kier alpha value is -3.70. The van der Waals surface area contributed by atoms with Crippen molar-refractivity contribution < 1.29 is 18.6 Å². The normalized spacial score (nSPS) is 15.1. The number of aromatic nitrogens is 2. The van der Waals surface area contributed by atoms with Gasteiger partial charge in [-0.3, -0.25) is 5.10 Å². The summed E-state index contributed by atoms with van der Waals surface area (Å²) in [5, 5.41) is 17.0. The molecule has 1 aliphatic rings. The summed E-state index contributed by atoms with van der Waals surface area (Å²) in [6.45, 7) is 1.98. The third-order valence-electron chi connectivity index (χ3n) is 5.05. The van der Waals surface area contributed by atoms with Gasteiger partial charge in [-0.1, -0.05) is 23.7 Å². The van der Waals surface area contributed by atoms with Gasteiger partial charge >= 0.3 is 0 Å². The topological polar surface area (TPSA) is 106 Å². The second-order valence-electron chi connectivity index (χ2n) is 6.93. The number of nitrogens with one attached hydrogen (secondary N) is 1. The summed E-state index contributed by atoms with van der Waals surface area (Å²) in [5.41, 5.74) is 9.15. The van der Waals surface area contributed by atoms with Gasteiger partial charge in [0.25, 0.3) is 0 Å². The fourth-order valence-electron chi connectivity index (χ4n) is 3.51. The van der Waals surface area contributed by atoms with E-state index in [2.05, 4.69) is 16.3 Å². The number of benzene rings is 2.